The first kappa shape index (κ1) is 14.0. The molecule has 0 spiro atoms. The zero-order valence-electron chi connectivity index (χ0n) is 9.97. The summed E-state index contributed by atoms with van der Waals surface area (Å²) in [5, 5.41) is 0. The summed E-state index contributed by atoms with van der Waals surface area (Å²) in [5.74, 6) is 0. The average molecular weight is 554 g/mol. The molecular weight excluding hydrogens is 539 g/mol. The molecule has 0 fully saturated rings. The van der Waals surface area contributed by atoms with Gasteiger partial charge in [-0.3, -0.25) is 0 Å². The zero-order valence-corrected chi connectivity index (χ0v) is 20.0. The predicted octanol–water partition coefficient (Wildman–Crippen LogP) is -0.247. The van der Waals surface area contributed by atoms with Gasteiger partial charge in [-0.15, -0.1) is 0 Å². The van der Waals surface area contributed by atoms with E-state index in [2.05, 4.69) is 27.7 Å². The molecule has 0 aliphatic rings. The van der Waals surface area contributed by atoms with E-state index in [-0.39, 0.29) is 0 Å². The van der Waals surface area contributed by atoms with Crippen molar-refractivity contribution in [2.24, 2.45) is 0 Å². The quantitative estimate of drug-likeness (QED) is 0.428. The minimum atomic E-state index is 0.667. The van der Waals surface area contributed by atoms with Crippen molar-refractivity contribution < 1.29 is 0 Å². The van der Waals surface area contributed by atoms with E-state index in [9.17, 15) is 0 Å². The zero-order chi connectivity index (χ0) is 12.0. The summed E-state index contributed by atoms with van der Waals surface area (Å²) >= 11 is 3.99. The van der Waals surface area contributed by atoms with Crippen molar-refractivity contribution >= 4 is 79.0 Å². The third-order valence-electron chi connectivity index (χ3n) is 3.18. The van der Waals surface area contributed by atoms with E-state index in [0.717, 1.165) is 0 Å². The van der Waals surface area contributed by atoms with Gasteiger partial charge in [0, 0.05) is 0 Å². The Morgan fingerprint density at radius 3 is 1.12 bits per heavy atom. The van der Waals surface area contributed by atoms with Gasteiger partial charge >= 0.3 is 138 Å². The standard InChI is InChI=1S/C12H12Se2.2Sn.2H/c1-7-5-13-11(9(7)3)12-10(4)8(2)6-14-12;;;;/h1-4H3;;;;. The fourth-order valence-electron chi connectivity index (χ4n) is 1.67. The van der Waals surface area contributed by atoms with Gasteiger partial charge in [-0.1, -0.05) is 0 Å². The van der Waals surface area contributed by atoms with Gasteiger partial charge in [0.05, 0.1) is 0 Å². The van der Waals surface area contributed by atoms with Crippen molar-refractivity contribution in [3.8, 4) is 8.87 Å². The molecule has 0 aliphatic heterocycles. The molecule has 0 saturated carbocycles. The Bertz CT molecular complexity index is 500. The van der Waals surface area contributed by atoms with Crippen LogP contribution < -0.4 is 4.91 Å². The topological polar surface area (TPSA) is 0 Å². The summed E-state index contributed by atoms with van der Waals surface area (Å²) in [6, 6.07) is 0. The second-order valence-corrected chi connectivity index (χ2v) is 17.1. The third-order valence-corrected chi connectivity index (χ3v) is 15.0. The molecule has 2 heterocycles. The molecule has 0 N–H and O–H groups in total. The Morgan fingerprint density at radius 1 is 0.625 bits per heavy atom. The van der Waals surface area contributed by atoms with Crippen molar-refractivity contribution in [1.82, 2.24) is 0 Å². The molecule has 4 radical (unpaired) electrons. The van der Waals surface area contributed by atoms with Crippen LogP contribution in [-0.2, 0) is 0 Å². The summed E-state index contributed by atoms with van der Waals surface area (Å²) in [4.78, 5) is 0. The minimum absolute atomic E-state index is 0.667. The summed E-state index contributed by atoms with van der Waals surface area (Å²) in [7, 11) is 0. The van der Waals surface area contributed by atoms with E-state index >= 15 is 0 Å². The maximum absolute atomic E-state index is 2.34. The molecule has 0 atom stereocenters. The molecule has 82 valence electrons. The van der Waals surface area contributed by atoms with Gasteiger partial charge in [0.1, 0.15) is 0 Å². The van der Waals surface area contributed by atoms with E-state index in [4.69, 9.17) is 0 Å². The van der Waals surface area contributed by atoms with E-state index in [1.807, 2.05) is 0 Å². The molecule has 2 aromatic rings. The van der Waals surface area contributed by atoms with Gasteiger partial charge in [-0.05, 0) is 0 Å². The second kappa shape index (κ2) is 5.30. The normalized spacial score (nSPS) is 11.1. The fraction of sp³-hybridized carbons (Fsp3) is 0.333. The second-order valence-electron chi connectivity index (χ2n) is 4.09. The molecule has 0 unspecified atom stereocenters. The van der Waals surface area contributed by atoms with Crippen molar-refractivity contribution in [3.05, 3.63) is 22.3 Å². The predicted molar refractivity (Wildman–Crippen MR) is 78.3 cm³/mol. The van der Waals surface area contributed by atoms with Gasteiger partial charge in [-0.25, -0.2) is 0 Å². The molecule has 4 heteroatoms. The van der Waals surface area contributed by atoms with Crippen LogP contribution in [0.5, 0.6) is 0 Å². The van der Waals surface area contributed by atoms with Gasteiger partial charge in [0.2, 0.25) is 0 Å². The Morgan fingerprint density at radius 2 is 0.938 bits per heavy atom. The van der Waals surface area contributed by atoms with E-state index in [0.29, 0.717) is 29.0 Å². The first-order chi connectivity index (χ1) is 7.43. The van der Waals surface area contributed by atoms with Crippen molar-refractivity contribution in [2.45, 2.75) is 27.7 Å². The Kier molecular flexibility index (Phi) is 4.64. The van der Waals surface area contributed by atoms with Crippen LogP contribution in [0.2, 0.25) is 0 Å². The first-order valence-electron chi connectivity index (χ1n) is 5.14. The van der Waals surface area contributed by atoms with Gasteiger partial charge in [0.15, 0.2) is 0 Å². The van der Waals surface area contributed by atoms with Crippen LogP contribution in [-0.4, -0.2) is 74.1 Å². The van der Waals surface area contributed by atoms with E-state index in [1.54, 1.807) is 36.0 Å². The monoisotopic (exact) mass is 558 g/mol. The van der Waals surface area contributed by atoms with Crippen LogP contribution in [0, 0.1) is 27.7 Å². The molecule has 0 saturated heterocycles. The maximum atomic E-state index is 2.34. The van der Waals surface area contributed by atoms with Crippen molar-refractivity contribution in [1.29, 1.82) is 0 Å². The van der Waals surface area contributed by atoms with E-state index < -0.39 is 0 Å². The fourth-order valence-corrected chi connectivity index (χ4v) is 11.8. The molecule has 2 aromatic heterocycles. The number of rotatable bonds is 1. The van der Waals surface area contributed by atoms with Crippen LogP contribution in [0.15, 0.2) is 0 Å². The first-order valence-corrected chi connectivity index (χ1v) is 11.9. The average Bonchev–Trinajstić information content (AvgIpc) is 2.64. The van der Waals surface area contributed by atoms with E-state index in [1.165, 1.54) is 45.0 Å². The molecule has 0 nitrogen and oxygen atoms in total. The Balaban J connectivity index is 2.68. The summed E-state index contributed by atoms with van der Waals surface area (Å²) in [6.07, 6.45) is 0. The van der Waals surface area contributed by atoms with Crippen molar-refractivity contribution in [2.75, 3.05) is 0 Å². The van der Waals surface area contributed by atoms with Gasteiger partial charge in [0.25, 0.3) is 0 Å². The molecule has 0 aliphatic carbocycles. The van der Waals surface area contributed by atoms with Crippen LogP contribution in [0.1, 0.15) is 22.3 Å². The summed E-state index contributed by atoms with van der Waals surface area (Å²) < 4.78 is 7.02. The van der Waals surface area contributed by atoms with Crippen LogP contribution in [0.3, 0.4) is 0 Å². The van der Waals surface area contributed by atoms with Gasteiger partial charge in [-0.2, -0.15) is 0 Å². The summed E-state index contributed by atoms with van der Waals surface area (Å²) in [5.41, 5.74) is 6.46. The van der Waals surface area contributed by atoms with Gasteiger partial charge < -0.3 is 0 Å². The summed E-state index contributed by atoms with van der Waals surface area (Å²) in [6.45, 7) is 9.32. The SMILES string of the molecule is Cc1[c]([SnH])[se]c(-c2[se][c]([SnH])c(C)c2C)c1C. The third kappa shape index (κ3) is 2.35. The molecule has 16 heavy (non-hydrogen) atoms. The Labute approximate surface area is 136 Å². The molecular formula is C12H14Se2Sn2. The molecule has 2 rings (SSSR count). The van der Waals surface area contributed by atoms with Crippen LogP contribution >= 0.6 is 0 Å². The van der Waals surface area contributed by atoms with Crippen LogP contribution in [0.25, 0.3) is 8.87 Å². The Hall–Kier alpha value is 1.60. The van der Waals surface area contributed by atoms with Crippen LogP contribution in [0.4, 0.5) is 0 Å². The number of hydrogen-bond acceptors (Lipinski definition) is 0. The molecule has 0 aromatic carbocycles. The molecule has 0 amide bonds. The number of hydrogen-bond donors (Lipinski definition) is 0. The molecule has 0 bridgehead atoms. The van der Waals surface area contributed by atoms with Crippen molar-refractivity contribution in [3.63, 3.8) is 0 Å².